The molecule has 1 N–H and O–H groups in total. The maximum absolute atomic E-state index is 9.76. The number of hydrogen-bond donors (Lipinski definition) is 1. The summed E-state index contributed by atoms with van der Waals surface area (Å²) in [5.41, 5.74) is 0. The van der Waals surface area contributed by atoms with Crippen LogP contribution in [0.3, 0.4) is 0 Å². The van der Waals surface area contributed by atoms with Crippen LogP contribution in [0.15, 0.2) is 0 Å². The average molecular weight is 366 g/mol. The molecule has 0 saturated heterocycles. The van der Waals surface area contributed by atoms with Crippen molar-refractivity contribution >= 4 is 0 Å². The molecule has 0 aliphatic rings. The zero-order valence-electron chi connectivity index (χ0n) is 9.87. The number of rotatable bonds is 4. The van der Waals surface area contributed by atoms with Crippen LogP contribution in [0.1, 0.15) is 41.0 Å². The van der Waals surface area contributed by atoms with Crippen LogP contribution < -0.4 is 0 Å². The summed E-state index contributed by atoms with van der Waals surface area (Å²) in [6, 6.07) is 0. The Morgan fingerprint density at radius 2 is 1.64 bits per heavy atom. The fourth-order valence-electron chi connectivity index (χ4n) is 1.66. The van der Waals surface area contributed by atoms with E-state index in [1.807, 2.05) is 6.92 Å². The molecule has 1 nitrogen and oxygen atoms in total. The van der Waals surface area contributed by atoms with Crippen molar-refractivity contribution in [3.63, 3.8) is 0 Å². The monoisotopic (exact) mass is 366 g/mol. The molecule has 3 atom stereocenters. The van der Waals surface area contributed by atoms with Gasteiger partial charge in [0.1, 0.15) is 0 Å². The van der Waals surface area contributed by atoms with Crippen molar-refractivity contribution in [3.8, 4) is 11.8 Å². The molecule has 0 heterocycles. The summed E-state index contributed by atoms with van der Waals surface area (Å²) in [5.74, 6) is 7.10. The van der Waals surface area contributed by atoms with Gasteiger partial charge >= 0.3 is 0 Å². The summed E-state index contributed by atoms with van der Waals surface area (Å²) in [6.07, 6.45) is 0.793. The molecule has 0 rings (SSSR count). The van der Waals surface area contributed by atoms with Crippen LogP contribution >= 0.6 is 0 Å². The predicted octanol–water partition coefficient (Wildman–Crippen LogP) is 2.69. The van der Waals surface area contributed by atoms with Gasteiger partial charge in [-0.3, -0.25) is 0 Å². The Kier molecular flexibility index (Phi) is 10.1. The second-order valence-electron chi connectivity index (χ2n) is 4.24. The third-order valence-corrected chi connectivity index (χ3v) is 2.38. The van der Waals surface area contributed by atoms with Crippen molar-refractivity contribution in [2.45, 2.75) is 47.1 Å². The summed E-state index contributed by atoms with van der Waals surface area (Å²) in [7, 11) is 0. The van der Waals surface area contributed by atoms with E-state index in [0.717, 1.165) is 6.42 Å². The van der Waals surface area contributed by atoms with E-state index in [0.29, 0.717) is 17.8 Å². The summed E-state index contributed by atoms with van der Waals surface area (Å²) in [4.78, 5) is 0. The molecule has 0 fully saturated rings. The molecule has 14 heavy (non-hydrogen) atoms. The van der Waals surface area contributed by atoms with Crippen LogP contribution in [0.2, 0.25) is 0 Å². The van der Waals surface area contributed by atoms with Crippen molar-refractivity contribution in [2.75, 3.05) is 0 Å². The molecule has 82 valence electrons. The second-order valence-corrected chi connectivity index (χ2v) is 4.24. The van der Waals surface area contributed by atoms with Crippen LogP contribution in [0.5, 0.6) is 0 Å². The molecule has 0 spiro atoms. The van der Waals surface area contributed by atoms with E-state index in [1.54, 1.807) is 0 Å². The smallest absolute Gasteiger partial charge is 0.0589 e. The van der Waals surface area contributed by atoms with Gasteiger partial charge in [0.05, 0.1) is 6.10 Å². The molecule has 0 bridgehead atoms. The maximum Gasteiger partial charge on any atom is 0.0589 e. The van der Waals surface area contributed by atoms with Crippen LogP contribution in [0.25, 0.3) is 0 Å². The first-order valence-electron chi connectivity index (χ1n) is 5.09. The van der Waals surface area contributed by atoms with E-state index in [4.69, 9.17) is 0 Å². The third-order valence-electron chi connectivity index (χ3n) is 2.38. The molecule has 0 saturated carbocycles. The van der Waals surface area contributed by atoms with Crippen LogP contribution in [-0.4, -0.2) is 11.2 Å². The zero-order valence-corrected chi connectivity index (χ0v) is 12.8. The topological polar surface area (TPSA) is 20.2 Å². The standard InChI is InChI=1S/C12H22O.W/c1-6-7-10(4)8-11(5)12(13)9(2)3;/h9-13H,8H2,1-5H3;/t10?,11-,12+;/m1./s1. The van der Waals surface area contributed by atoms with Gasteiger partial charge in [-0.05, 0) is 25.2 Å². The summed E-state index contributed by atoms with van der Waals surface area (Å²) in [6.45, 7) is 10.2. The predicted molar refractivity (Wildman–Crippen MR) is 57.2 cm³/mol. The molecule has 0 aliphatic heterocycles. The van der Waals surface area contributed by atoms with Gasteiger partial charge in [0.2, 0.25) is 0 Å². The van der Waals surface area contributed by atoms with E-state index in [1.165, 1.54) is 0 Å². The van der Waals surface area contributed by atoms with E-state index >= 15 is 0 Å². The van der Waals surface area contributed by atoms with Crippen molar-refractivity contribution in [1.82, 2.24) is 0 Å². The van der Waals surface area contributed by atoms with E-state index in [2.05, 4.69) is 39.5 Å². The van der Waals surface area contributed by atoms with Crippen LogP contribution in [-0.2, 0) is 21.1 Å². The molecule has 0 amide bonds. The Hall–Kier alpha value is 0.208. The molecule has 0 aromatic carbocycles. The van der Waals surface area contributed by atoms with Crippen LogP contribution in [0.4, 0.5) is 0 Å². The summed E-state index contributed by atoms with van der Waals surface area (Å²) in [5, 5.41) is 9.76. The van der Waals surface area contributed by atoms with E-state index in [-0.39, 0.29) is 27.2 Å². The van der Waals surface area contributed by atoms with Gasteiger partial charge in [-0.2, -0.15) is 0 Å². The van der Waals surface area contributed by atoms with Crippen LogP contribution in [0, 0.1) is 29.6 Å². The molecule has 0 aromatic heterocycles. The summed E-state index contributed by atoms with van der Waals surface area (Å²) >= 11 is 0. The third kappa shape index (κ3) is 6.63. The fourth-order valence-corrected chi connectivity index (χ4v) is 1.66. The van der Waals surface area contributed by atoms with Gasteiger partial charge in [0, 0.05) is 27.0 Å². The van der Waals surface area contributed by atoms with Crippen molar-refractivity contribution in [1.29, 1.82) is 0 Å². The number of aliphatic hydroxyl groups is 1. The Labute approximate surface area is 103 Å². The van der Waals surface area contributed by atoms with Gasteiger partial charge in [-0.1, -0.05) is 27.7 Å². The van der Waals surface area contributed by atoms with Crippen molar-refractivity contribution < 1.29 is 26.2 Å². The zero-order chi connectivity index (χ0) is 10.4. The van der Waals surface area contributed by atoms with Gasteiger partial charge in [-0.25, -0.2) is 0 Å². The SMILES string of the molecule is CC#CC(C)C[C@@H](C)[C@@H](O)C(C)C.[W]. The molecule has 0 aromatic rings. The maximum atomic E-state index is 9.76. The van der Waals surface area contributed by atoms with E-state index in [9.17, 15) is 5.11 Å². The molecule has 0 radical (unpaired) electrons. The van der Waals surface area contributed by atoms with Gasteiger partial charge in [0.15, 0.2) is 0 Å². The molecule has 0 aliphatic carbocycles. The first-order chi connectivity index (χ1) is 5.99. The van der Waals surface area contributed by atoms with Gasteiger partial charge in [0.25, 0.3) is 0 Å². The fraction of sp³-hybridized carbons (Fsp3) is 0.833. The Morgan fingerprint density at radius 1 is 1.14 bits per heavy atom. The minimum Gasteiger partial charge on any atom is -0.393 e. The normalized spacial score (nSPS) is 16.2. The number of hydrogen-bond acceptors (Lipinski definition) is 1. The quantitative estimate of drug-likeness (QED) is 0.759. The first-order valence-corrected chi connectivity index (χ1v) is 5.09. The molecular weight excluding hydrogens is 344 g/mol. The molecular formula is C12H22OW. The average Bonchev–Trinajstić information content (AvgIpc) is 2.03. The Morgan fingerprint density at radius 3 is 2.00 bits per heavy atom. The minimum atomic E-state index is -0.193. The molecule has 1 unspecified atom stereocenters. The van der Waals surface area contributed by atoms with E-state index < -0.39 is 0 Å². The minimum absolute atomic E-state index is 0. The Balaban J connectivity index is 0. The second kappa shape index (κ2) is 8.51. The molecule has 2 heteroatoms. The first kappa shape index (κ1) is 16.6. The Bertz CT molecular complexity index is 190. The van der Waals surface area contributed by atoms with Gasteiger partial charge < -0.3 is 5.11 Å². The summed E-state index contributed by atoms with van der Waals surface area (Å²) < 4.78 is 0. The van der Waals surface area contributed by atoms with Crippen molar-refractivity contribution in [2.24, 2.45) is 17.8 Å². The largest absolute Gasteiger partial charge is 0.393 e. The van der Waals surface area contributed by atoms with Crippen molar-refractivity contribution in [3.05, 3.63) is 0 Å². The number of aliphatic hydroxyl groups excluding tert-OH is 1. The van der Waals surface area contributed by atoms with Gasteiger partial charge in [-0.15, -0.1) is 11.8 Å².